The van der Waals surface area contributed by atoms with Crippen molar-refractivity contribution in [1.29, 1.82) is 0 Å². The minimum atomic E-state index is -0.822. The molecule has 0 bridgehead atoms. The second-order valence-corrected chi connectivity index (χ2v) is 6.74. The molecule has 12 heteroatoms. The van der Waals surface area contributed by atoms with Crippen LogP contribution in [0, 0.1) is 0 Å². The van der Waals surface area contributed by atoms with Gasteiger partial charge in [-0.3, -0.25) is 9.59 Å². The fourth-order valence-corrected chi connectivity index (χ4v) is 2.54. The number of carbonyl (C=O) groups excluding carboxylic acids is 5. The molecule has 0 aliphatic heterocycles. The van der Waals surface area contributed by atoms with Gasteiger partial charge in [-0.15, -0.1) is 0 Å². The van der Waals surface area contributed by atoms with Crippen molar-refractivity contribution in [2.24, 2.45) is 0 Å². The van der Waals surface area contributed by atoms with Crippen LogP contribution in [0.5, 0.6) is 0 Å². The maximum atomic E-state index is 11.9. The van der Waals surface area contributed by atoms with Gasteiger partial charge >= 0.3 is 30.0 Å². The highest BCUT2D eigenvalue weighted by atomic mass is 16.5. The van der Waals surface area contributed by atoms with Gasteiger partial charge in [-0.1, -0.05) is 0 Å². The van der Waals surface area contributed by atoms with Crippen molar-refractivity contribution in [3.8, 4) is 0 Å². The lowest BCUT2D eigenvalue weighted by atomic mass is 10.1. The second kappa shape index (κ2) is 18.7. The molecular formula is C20H36N4O8. The number of esters is 3. The third-order valence-electron chi connectivity index (χ3n) is 4.22. The van der Waals surface area contributed by atoms with E-state index in [4.69, 9.17) is 9.47 Å². The van der Waals surface area contributed by atoms with Crippen LogP contribution in [0.25, 0.3) is 0 Å². The number of ether oxygens (including phenoxy) is 3. The molecule has 0 spiro atoms. The molecule has 0 saturated carbocycles. The lowest BCUT2D eigenvalue weighted by Gasteiger charge is -2.17. The van der Waals surface area contributed by atoms with Crippen LogP contribution in [0.3, 0.4) is 0 Å². The van der Waals surface area contributed by atoms with E-state index in [-0.39, 0.29) is 37.4 Å². The van der Waals surface area contributed by atoms with Gasteiger partial charge in [-0.25, -0.2) is 14.4 Å². The molecule has 0 aliphatic carbocycles. The van der Waals surface area contributed by atoms with Crippen molar-refractivity contribution in [2.75, 3.05) is 40.5 Å². The highest BCUT2D eigenvalue weighted by Gasteiger charge is 2.20. The highest BCUT2D eigenvalue weighted by molar-refractivity contribution is 5.83. The Morgan fingerprint density at radius 3 is 1.84 bits per heavy atom. The molecule has 0 saturated heterocycles. The van der Waals surface area contributed by atoms with Crippen LogP contribution in [0.15, 0.2) is 0 Å². The SMILES string of the molecule is CCOC(=O)CCCNC(=O)NCCCCC(NC(=O)NCCCC(=O)OC)C(=O)OC. The molecule has 0 aromatic carbocycles. The molecule has 0 heterocycles. The third kappa shape index (κ3) is 15.7. The maximum Gasteiger partial charge on any atom is 0.328 e. The summed E-state index contributed by atoms with van der Waals surface area (Å²) in [5.74, 6) is -1.22. The molecule has 12 nitrogen and oxygen atoms in total. The van der Waals surface area contributed by atoms with E-state index in [1.165, 1.54) is 14.2 Å². The monoisotopic (exact) mass is 460 g/mol. The van der Waals surface area contributed by atoms with Crippen molar-refractivity contribution >= 4 is 30.0 Å². The third-order valence-corrected chi connectivity index (χ3v) is 4.22. The topological polar surface area (TPSA) is 161 Å². The molecular weight excluding hydrogens is 424 g/mol. The van der Waals surface area contributed by atoms with E-state index < -0.39 is 18.0 Å². The van der Waals surface area contributed by atoms with Gasteiger partial charge in [0.25, 0.3) is 0 Å². The van der Waals surface area contributed by atoms with E-state index in [1.54, 1.807) is 6.92 Å². The van der Waals surface area contributed by atoms with Crippen molar-refractivity contribution in [1.82, 2.24) is 21.3 Å². The average Bonchev–Trinajstić information content (AvgIpc) is 2.77. The van der Waals surface area contributed by atoms with Crippen LogP contribution < -0.4 is 21.3 Å². The van der Waals surface area contributed by atoms with Gasteiger partial charge in [-0.2, -0.15) is 0 Å². The number of nitrogens with one attached hydrogen (secondary N) is 4. The Morgan fingerprint density at radius 1 is 0.719 bits per heavy atom. The molecule has 0 rings (SSSR count). The fourth-order valence-electron chi connectivity index (χ4n) is 2.54. The van der Waals surface area contributed by atoms with Crippen molar-refractivity contribution < 1.29 is 38.2 Å². The predicted molar refractivity (Wildman–Crippen MR) is 115 cm³/mol. The smallest absolute Gasteiger partial charge is 0.328 e. The standard InChI is InChI=1S/C20H36N4O8/c1-4-32-17(26)11-8-13-22-19(28)21-12-6-5-9-15(18(27)31-3)24-20(29)23-14-7-10-16(25)30-2/h15H,4-14H2,1-3H3,(H2,21,22,28)(H2,23,24,29). The largest absolute Gasteiger partial charge is 0.469 e. The van der Waals surface area contributed by atoms with E-state index in [0.717, 1.165) is 0 Å². The zero-order valence-electron chi connectivity index (χ0n) is 19.1. The number of carbonyl (C=O) groups is 5. The van der Waals surface area contributed by atoms with E-state index in [2.05, 4.69) is 26.0 Å². The summed E-state index contributed by atoms with van der Waals surface area (Å²) in [5.41, 5.74) is 0. The summed E-state index contributed by atoms with van der Waals surface area (Å²) in [7, 11) is 2.53. The van der Waals surface area contributed by atoms with Crippen LogP contribution in [-0.2, 0) is 28.6 Å². The normalized spacial score (nSPS) is 11.0. The Bertz CT molecular complexity index is 600. The van der Waals surface area contributed by atoms with E-state index in [1.807, 2.05) is 0 Å². The van der Waals surface area contributed by atoms with Gasteiger partial charge in [0.15, 0.2) is 0 Å². The summed E-state index contributed by atoms with van der Waals surface area (Å²) in [6.07, 6.45) is 2.82. The van der Waals surface area contributed by atoms with Crippen molar-refractivity contribution in [3.63, 3.8) is 0 Å². The lowest BCUT2D eigenvalue weighted by Crippen LogP contribution is -2.46. The van der Waals surface area contributed by atoms with Crippen LogP contribution in [0.2, 0.25) is 0 Å². The lowest BCUT2D eigenvalue weighted by molar-refractivity contribution is -0.144. The van der Waals surface area contributed by atoms with Gasteiger partial charge in [0.05, 0.1) is 20.8 Å². The van der Waals surface area contributed by atoms with Crippen molar-refractivity contribution in [3.05, 3.63) is 0 Å². The van der Waals surface area contributed by atoms with Crippen molar-refractivity contribution in [2.45, 2.75) is 57.9 Å². The molecule has 0 fully saturated rings. The van der Waals surface area contributed by atoms with Gasteiger partial charge in [0.1, 0.15) is 6.04 Å². The number of hydrogen-bond acceptors (Lipinski definition) is 8. The zero-order valence-corrected chi connectivity index (χ0v) is 19.1. The van der Waals surface area contributed by atoms with Gasteiger partial charge in [0.2, 0.25) is 0 Å². The molecule has 4 N–H and O–H groups in total. The predicted octanol–water partition coefficient (Wildman–Crippen LogP) is 0.593. The first-order chi connectivity index (χ1) is 15.3. The molecule has 0 aliphatic rings. The van der Waals surface area contributed by atoms with Crippen LogP contribution >= 0.6 is 0 Å². The van der Waals surface area contributed by atoms with Gasteiger partial charge in [0, 0.05) is 32.5 Å². The number of amides is 4. The zero-order chi connectivity index (χ0) is 24.2. The molecule has 0 aromatic rings. The molecule has 0 radical (unpaired) electrons. The summed E-state index contributed by atoms with van der Waals surface area (Å²) < 4.78 is 14.0. The number of urea groups is 2. The molecule has 4 amide bonds. The van der Waals surface area contributed by atoms with E-state index in [0.29, 0.717) is 51.8 Å². The van der Waals surface area contributed by atoms with Crippen LogP contribution in [0.1, 0.15) is 51.9 Å². The highest BCUT2D eigenvalue weighted by Crippen LogP contribution is 2.03. The maximum absolute atomic E-state index is 11.9. The summed E-state index contributed by atoms with van der Waals surface area (Å²) in [6, 6.07) is -1.70. The quantitative estimate of drug-likeness (QED) is 0.148. The number of rotatable bonds is 16. The summed E-state index contributed by atoms with van der Waals surface area (Å²) in [6.45, 7) is 3.07. The first-order valence-electron chi connectivity index (χ1n) is 10.7. The molecule has 184 valence electrons. The Kier molecular flexibility index (Phi) is 16.9. The summed E-state index contributed by atoms with van der Waals surface area (Å²) in [5, 5.41) is 10.4. The summed E-state index contributed by atoms with van der Waals surface area (Å²) >= 11 is 0. The van der Waals surface area contributed by atoms with E-state index >= 15 is 0 Å². The number of methoxy groups -OCH3 is 2. The molecule has 1 unspecified atom stereocenters. The Balaban J connectivity index is 4.00. The minimum absolute atomic E-state index is 0.184. The Morgan fingerprint density at radius 2 is 1.28 bits per heavy atom. The average molecular weight is 461 g/mol. The molecule has 1 atom stereocenters. The van der Waals surface area contributed by atoms with Gasteiger partial charge in [-0.05, 0) is 39.0 Å². The second-order valence-electron chi connectivity index (χ2n) is 6.74. The minimum Gasteiger partial charge on any atom is -0.469 e. The fraction of sp³-hybridized carbons (Fsp3) is 0.750. The van der Waals surface area contributed by atoms with Crippen LogP contribution in [0.4, 0.5) is 9.59 Å². The molecule has 32 heavy (non-hydrogen) atoms. The first-order valence-corrected chi connectivity index (χ1v) is 10.7. The first kappa shape index (κ1) is 28.9. The Hall–Kier alpha value is -3.05. The van der Waals surface area contributed by atoms with Crippen LogP contribution in [-0.4, -0.2) is 76.5 Å². The summed E-state index contributed by atoms with van der Waals surface area (Å²) in [4.78, 5) is 57.7. The van der Waals surface area contributed by atoms with Gasteiger partial charge < -0.3 is 35.5 Å². The number of unbranched alkanes of at least 4 members (excludes halogenated alkanes) is 1. The van der Waals surface area contributed by atoms with E-state index in [9.17, 15) is 24.0 Å². The Labute approximate surface area is 188 Å². The number of hydrogen-bond donors (Lipinski definition) is 4. The molecule has 0 aromatic heterocycles.